The number of carbonyl (C=O) groups is 1. The highest BCUT2D eigenvalue weighted by Crippen LogP contribution is 2.42. The highest BCUT2D eigenvalue weighted by molar-refractivity contribution is 6.39. The summed E-state index contributed by atoms with van der Waals surface area (Å²) in [6.07, 6.45) is 1.40. The van der Waals surface area contributed by atoms with Gasteiger partial charge in [-0.3, -0.25) is 9.88 Å². The molecule has 0 bridgehead atoms. The number of pyridine rings is 2. The van der Waals surface area contributed by atoms with E-state index in [4.69, 9.17) is 37.7 Å². The number of rotatable bonds is 6. The summed E-state index contributed by atoms with van der Waals surface area (Å²) in [6.45, 7) is 7.20. The average molecular weight is 592 g/mol. The maximum Gasteiger partial charge on any atom is 0.410 e. The molecule has 0 atom stereocenters. The van der Waals surface area contributed by atoms with E-state index in [-0.39, 0.29) is 6.09 Å². The van der Waals surface area contributed by atoms with Gasteiger partial charge in [0.05, 0.1) is 28.5 Å². The molecule has 9 heteroatoms. The molecule has 0 fully saturated rings. The van der Waals surface area contributed by atoms with Crippen molar-refractivity contribution in [2.75, 3.05) is 14.2 Å². The summed E-state index contributed by atoms with van der Waals surface area (Å²) < 4.78 is 11.1. The molecule has 1 aliphatic rings. The zero-order chi connectivity index (χ0) is 29.3. The van der Waals surface area contributed by atoms with Crippen molar-refractivity contribution in [3.05, 3.63) is 87.5 Å². The van der Waals surface area contributed by atoms with Gasteiger partial charge in [0, 0.05) is 53.6 Å². The van der Waals surface area contributed by atoms with Crippen LogP contribution in [0, 0.1) is 0 Å². The monoisotopic (exact) mass is 590 g/mol. The zero-order valence-electron chi connectivity index (χ0n) is 23.7. The fourth-order valence-electron chi connectivity index (χ4n) is 4.91. The minimum Gasteiger partial charge on any atom is -0.481 e. The standard InChI is InChI=1S/C32H32Cl2N4O3/c1-32(2,3)41-31(39)38-17-21-10-9-19(15-22(21)18-38)29-28(34)24(13-14-36-29)23-7-6-8-25(27(23)33)26-12-11-20(16-35-4)30(37-26)40-5/h6-15,35H,16-18H2,1-5H3. The first kappa shape index (κ1) is 28.9. The molecule has 0 spiro atoms. The van der Waals surface area contributed by atoms with Gasteiger partial charge in [0.1, 0.15) is 5.60 Å². The second-order valence-electron chi connectivity index (χ2n) is 10.9. The van der Waals surface area contributed by atoms with E-state index < -0.39 is 5.60 Å². The first-order valence-electron chi connectivity index (χ1n) is 13.3. The lowest BCUT2D eigenvalue weighted by atomic mass is 9.98. The van der Waals surface area contributed by atoms with Gasteiger partial charge in [-0.25, -0.2) is 9.78 Å². The number of hydrogen-bond donors (Lipinski definition) is 1. The summed E-state index contributed by atoms with van der Waals surface area (Å²) >= 11 is 14.0. The molecule has 0 saturated carbocycles. The first-order chi connectivity index (χ1) is 19.6. The predicted molar refractivity (Wildman–Crippen MR) is 163 cm³/mol. The lowest BCUT2D eigenvalue weighted by Gasteiger charge is -2.24. The molecule has 1 aliphatic heterocycles. The Morgan fingerprint density at radius 1 is 0.976 bits per heavy atom. The van der Waals surface area contributed by atoms with Crippen LogP contribution in [0.5, 0.6) is 5.88 Å². The lowest BCUT2D eigenvalue weighted by Crippen LogP contribution is -2.33. The number of halogens is 2. The smallest absolute Gasteiger partial charge is 0.410 e. The van der Waals surface area contributed by atoms with Gasteiger partial charge < -0.3 is 14.8 Å². The van der Waals surface area contributed by atoms with Crippen LogP contribution in [-0.4, -0.2) is 40.7 Å². The first-order valence-corrected chi connectivity index (χ1v) is 14.1. The highest BCUT2D eigenvalue weighted by atomic mass is 35.5. The molecule has 2 aromatic heterocycles. The van der Waals surface area contributed by atoms with Gasteiger partial charge in [0.15, 0.2) is 0 Å². The molecule has 1 amide bonds. The topological polar surface area (TPSA) is 76.6 Å². The van der Waals surface area contributed by atoms with E-state index in [1.807, 2.05) is 82.4 Å². The average Bonchev–Trinajstić information content (AvgIpc) is 3.37. The summed E-state index contributed by atoms with van der Waals surface area (Å²) in [4.78, 5) is 23.6. The molecule has 3 heterocycles. The van der Waals surface area contributed by atoms with Crippen molar-refractivity contribution in [2.24, 2.45) is 0 Å². The number of methoxy groups -OCH3 is 1. The molecule has 0 radical (unpaired) electrons. The van der Waals surface area contributed by atoms with E-state index in [1.165, 1.54) is 0 Å². The third kappa shape index (κ3) is 6.03. The molecular formula is C32H32Cl2N4O3. The lowest BCUT2D eigenvalue weighted by molar-refractivity contribution is 0.0242. The van der Waals surface area contributed by atoms with Crippen molar-refractivity contribution in [2.45, 2.75) is 46.0 Å². The fraction of sp³-hybridized carbons (Fsp3) is 0.281. The fourth-order valence-corrected chi connectivity index (χ4v) is 5.56. The summed E-state index contributed by atoms with van der Waals surface area (Å²) in [5.74, 6) is 0.546. The van der Waals surface area contributed by atoms with Crippen LogP contribution in [0.1, 0.15) is 37.5 Å². The summed E-state index contributed by atoms with van der Waals surface area (Å²) in [5, 5.41) is 4.15. The van der Waals surface area contributed by atoms with Crippen LogP contribution in [-0.2, 0) is 24.4 Å². The van der Waals surface area contributed by atoms with Crippen LogP contribution in [0.4, 0.5) is 4.79 Å². The minimum atomic E-state index is -0.550. The van der Waals surface area contributed by atoms with Crippen LogP contribution < -0.4 is 10.1 Å². The second kappa shape index (κ2) is 11.7. The van der Waals surface area contributed by atoms with E-state index >= 15 is 0 Å². The number of nitrogens with zero attached hydrogens (tertiary/aromatic N) is 3. The van der Waals surface area contributed by atoms with Gasteiger partial charge >= 0.3 is 6.09 Å². The van der Waals surface area contributed by atoms with E-state index in [0.29, 0.717) is 46.9 Å². The number of fused-ring (bicyclic) bond motifs is 1. The molecule has 4 aromatic rings. The minimum absolute atomic E-state index is 0.327. The molecule has 0 aliphatic carbocycles. The van der Waals surface area contributed by atoms with E-state index in [0.717, 1.165) is 38.9 Å². The van der Waals surface area contributed by atoms with Crippen LogP contribution in [0.15, 0.2) is 60.8 Å². The summed E-state index contributed by atoms with van der Waals surface area (Å²) in [5.41, 5.74) is 7.03. The predicted octanol–water partition coefficient (Wildman–Crippen LogP) is 7.76. The van der Waals surface area contributed by atoms with Gasteiger partial charge in [-0.2, -0.15) is 0 Å². The van der Waals surface area contributed by atoms with Gasteiger partial charge in [0.2, 0.25) is 5.88 Å². The normalized spacial score (nSPS) is 12.8. The number of benzene rings is 2. The third-order valence-corrected chi connectivity index (χ3v) is 7.60. The van der Waals surface area contributed by atoms with Crippen molar-refractivity contribution >= 4 is 29.3 Å². The van der Waals surface area contributed by atoms with Gasteiger partial charge in [-0.15, -0.1) is 0 Å². The van der Waals surface area contributed by atoms with E-state index in [9.17, 15) is 4.79 Å². The number of nitrogens with one attached hydrogen (secondary N) is 1. The Kier molecular flexibility index (Phi) is 8.23. The molecule has 0 saturated heterocycles. The Morgan fingerprint density at radius 2 is 1.71 bits per heavy atom. The van der Waals surface area contributed by atoms with Crippen molar-refractivity contribution in [1.82, 2.24) is 20.2 Å². The number of amides is 1. The molecule has 0 unspecified atom stereocenters. The molecule has 7 nitrogen and oxygen atoms in total. The number of carbonyl (C=O) groups excluding carboxylic acids is 1. The van der Waals surface area contributed by atoms with Crippen molar-refractivity contribution in [3.63, 3.8) is 0 Å². The third-order valence-electron chi connectivity index (χ3n) is 6.81. The maximum absolute atomic E-state index is 12.6. The number of aromatic nitrogens is 2. The summed E-state index contributed by atoms with van der Waals surface area (Å²) in [7, 11) is 3.48. The molecule has 2 aromatic carbocycles. The SMILES string of the molecule is CNCc1ccc(-c2cccc(-c3ccnc(-c4ccc5c(c4)CN(C(=O)OC(C)(C)C)C5)c3Cl)c2Cl)nc1OC. The molecule has 212 valence electrons. The Hall–Kier alpha value is -3.65. The van der Waals surface area contributed by atoms with E-state index in [2.05, 4.69) is 10.3 Å². The van der Waals surface area contributed by atoms with Crippen molar-refractivity contribution in [3.8, 4) is 39.5 Å². The van der Waals surface area contributed by atoms with Crippen LogP contribution in [0.25, 0.3) is 33.6 Å². The second-order valence-corrected chi connectivity index (χ2v) is 11.7. The van der Waals surface area contributed by atoms with Crippen LogP contribution >= 0.6 is 23.2 Å². The quantitative estimate of drug-likeness (QED) is 0.247. The summed E-state index contributed by atoms with van der Waals surface area (Å²) in [6, 6.07) is 17.6. The Balaban J connectivity index is 1.47. The molecule has 1 N–H and O–H groups in total. The van der Waals surface area contributed by atoms with Gasteiger partial charge in [-0.05, 0) is 57.1 Å². The largest absolute Gasteiger partial charge is 0.481 e. The molecule has 5 rings (SSSR count). The van der Waals surface area contributed by atoms with Crippen LogP contribution in [0.3, 0.4) is 0 Å². The van der Waals surface area contributed by atoms with E-state index in [1.54, 1.807) is 18.2 Å². The number of hydrogen-bond acceptors (Lipinski definition) is 6. The molecule has 41 heavy (non-hydrogen) atoms. The Labute approximate surface area is 250 Å². The number of ether oxygens (including phenoxy) is 2. The van der Waals surface area contributed by atoms with Crippen molar-refractivity contribution < 1.29 is 14.3 Å². The van der Waals surface area contributed by atoms with Gasteiger partial charge in [-0.1, -0.05) is 59.6 Å². The molecular weight excluding hydrogens is 559 g/mol. The van der Waals surface area contributed by atoms with Gasteiger partial charge in [0.25, 0.3) is 0 Å². The van der Waals surface area contributed by atoms with Crippen molar-refractivity contribution in [1.29, 1.82) is 0 Å². The Morgan fingerprint density at radius 3 is 2.44 bits per heavy atom. The Bertz CT molecular complexity index is 1620. The van der Waals surface area contributed by atoms with Crippen LogP contribution in [0.2, 0.25) is 10.0 Å². The maximum atomic E-state index is 12.6. The highest BCUT2D eigenvalue weighted by Gasteiger charge is 2.28. The zero-order valence-corrected chi connectivity index (χ0v) is 25.2.